The molecule has 25 heavy (non-hydrogen) atoms. The smallest absolute Gasteiger partial charge is 0.251 e. The van der Waals surface area contributed by atoms with Crippen molar-refractivity contribution >= 4 is 28.5 Å². The molecule has 3 aromatic rings. The molecule has 0 saturated carbocycles. The number of nitrogens with zero attached hydrogens (tertiary/aromatic N) is 1. The fourth-order valence-electron chi connectivity index (χ4n) is 2.28. The van der Waals surface area contributed by atoms with Crippen molar-refractivity contribution in [2.24, 2.45) is 0 Å². The van der Waals surface area contributed by atoms with E-state index in [2.05, 4.69) is 32.9 Å². The van der Waals surface area contributed by atoms with E-state index in [0.717, 1.165) is 14.7 Å². The lowest BCUT2D eigenvalue weighted by molar-refractivity contribution is 0.0950. The minimum Gasteiger partial charge on any atom is -0.473 e. The Balaban J connectivity index is 1.57. The van der Waals surface area contributed by atoms with Crippen LogP contribution in [-0.2, 0) is 13.2 Å². The quantitative estimate of drug-likeness (QED) is 0.581. The largest absolute Gasteiger partial charge is 0.473 e. The molecule has 0 spiro atoms. The van der Waals surface area contributed by atoms with Crippen molar-refractivity contribution in [2.45, 2.75) is 13.2 Å². The predicted molar refractivity (Wildman–Crippen MR) is 105 cm³/mol. The Hall–Kier alpha value is -2.41. The van der Waals surface area contributed by atoms with Crippen LogP contribution in [-0.4, -0.2) is 10.9 Å². The molecule has 4 nitrogen and oxygen atoms in total. The maximum Gasteiger partial charge on any atom is 0.251 e. The van der Waals surface area contributed by atoms with Gasteiger partial charge in [0, 0.05) is 27.9 Å². The Bertz CT molecular complexity index is 853. The number of pyridine rings is 1. The summed E-state index contributed by atoms with van der Waals surface area (Å²) < 4.78 is 6.75. The van der Waals surface area contributed by atoms with Crippen LogP contribution >= 0.6 is 22.6 Å². The molecular weight excluding hydrogens is 427 g/mol. The van der Waals surface area contributed by atoms with Crippen LogP contribution in [0.15, 0.2) is 72.9 Å². The second-order valence-corrected chi connectivity index (χ2v) is 6.72. The molecule has 0 aliphatic carbocycles. The van der Waals surface area contributed by atoms with E-state index in [-0.39, 0.29) is 5.91 Å². The maximum absolute atomic E-state index is 12.2. The van der Waals surface area contributed by atoms with Gasteiger partial charge in [0.05, 0.1) is 0 Å². The van der Waals surface area contributed by atoms with Gasteiger partial charge in [0.1, 0.15) is 6.61 Å². The monoisotopic (exact) mass is 444 g/mol. The van der Waals surface area contributed by atoms with Crippen molar-refractivity contribution in [3.05, 3.63) is 93.2 Å². The van der Waals surface area contributed by atoms with Crippen LogP contribution in [0.1, 0.15) is 21.5 Å². The Morgan fingerprint density at radius 1 is 1.00 bits per heavy atom. The third kappa shape index (κ3) is 5.29. The first-order valence-corrected chi connectivity index (χ1v) is 8.94. The van der Waals surface area contributed by atoms with Gasteiger partial charge in [0.15, 0.2) is 0 Å². The molecule has 3 rings (SSSR count). The summed E-state index contributed by atoms with van der Waals surface area (Å²) in [5, 5.41) is 2.92. The number of ether oxygens (including phenoxy) is 1. The Labute approximate surface area is 160 Å². The van der Waals surface area contributed by atoms with E-state index in [1.165, 1.54) is 0 Å². The Morgan fingerprint density at radius 2 is 1.84 bits per heavy atom. The molecule has 0 fully saturated rings. The van der Waals surface area contributed by atoms with Gasteiger partial charge in [0.2, 0.25) is 5.88 Å². The molecule has 0 aliphatic rings. The van der Waals surface area contributed by atoms with Crippen LogP contribution in [0.3, 0.4) is 0 Å². The average Bonchev–Trinajstić information content (AvgIpc) is 2.66. The highest BCUT2D eigenvalue weighted by Crippen LogP contribution is 2.12. The summed E-state index contributed by atoms with van der Waals surface area (Å²) in [4.78, 5) is 16.4. The number of hydrogen-bond donors (Lipinski definition) is 1. The van der Waals surface area contributed by atoms with Crippen LogP contribution in [0.2, 0.25) is 0 Å². The van der Waals surface area contributed by atoms with Gasteiger partial charge in [-0.05, 0) is 58.0 Å². The fourth-order valence-corrected chi connectivity index (χ4v) is 2.83. The van der Waals surface area contributed by atoms with Gasteiger partial charge in [-0.1, -0.05) is 36.4 Å². The third-order valence-corrected chi connectivity index (χ3v) is 4.24. The molecule has 0 atom stereocenters. The number of aromatic nitrogens is 1. The molecule has 2 aromatic carbocycles. The van der Waals surface area contributed by atoms with E-state index >= 15 is 0 Å². The van der Waals surface area contributed by atoms with Crippen LogP contribution in [0.25, 0.3) is 0 Å². The lowest BCUT2D eigenvalue weighted by atomic mass is 10.2. The molecule has 126 valence electrons. The van der Waals surface area contributed by atoms with E-state index in [1.807, 2.05) is 60.7 Å². The van der Waals surface area contributed by atoms with Gasteiger partial charge < -0.3 is 10.1 Å². The van der Waals surface area contributed by atoms with E-state index < -0.39 is 0 Å². The number of carbonyl (C=O) groups is 1. The van der Waals surface area contributed by atoms with Gasteiger partial charge in [0.25, 0.3) is 5.91 Å². The number of rotatable bonds is 6. The SMILES string of the molecule is O=C(NCc1ccnc(OCc2ccccc2)c1)c1cccc(I)c1. The molecule has 5 heteroatoms. The first-order valence-electron chi connectivity index (χ1n) is 7.86. The molecule has 0 radical (unpaired) electrons. The summed E-state index contributed by atoms with van der Waals surface area (Å²) in [6, 6.07) is 21.1. The molecule has 1 amide bonds. The number of carbonyl (C=O) groups excluding carboxylic acids is 1. The molecular formula is C20H17IN2O2. The summed E-state index contributed by atoms with van der Waals surface area (Å²) >= 11 is 2.19. The van der Waals surface area contributed by atoms with Gasteiger partial charge in [-0.2, -0.15) is 0 Å². The summed E-state index contributed by atoms with van der Waals surface area (Å²) in [7, 11) is 0. The maximum atomic E-state index is 12.2. The fraction of sp³-hybridized carbons (Fsp3) is 0.100. The second kappa shape index (κ2) is 8.62. The molecule has 0 aliphatic heterocycles. The summed E-state index contributed by atoms with van der Waals surface area (Å²) in [5.74, 6) is 0.451. The Morgan fingerprint density at radius 3 is 2.64 bits per heavy atom. The van der Waals surface area contributed by atoms with Crippen molar-refractivity contribution < 1.29 is 9.53 Å². The van der Waals surface area contributed by atoms with Crippen LogP contribution in [0, 0.1) is 3.57 Å². The molecule has 0 unspecified atom stereocenters. The average molecular weight is 444 g/mol. The Kier molecular flexibility index (Phi) is 6.00. The van der Waals surface area contributed by atoms with Crippen molar-refractivity contribution in [1.82, 2.24) is 10.3 Å². The highest BCUT2D eigenvalue weighted by molar-refractivity contribution is 14.1. The molecule has 0 saturated heterocycles. The molecule has 1 aromatic heterocycles. The second-order valence-electron chi connectivity index (χ2n) is 5.47. The predicted octanol–water partition coefficient (Wildman–Crippen LogP) is 4.20. The number of benzene rings is 2. The lowest BCUT2D eigenvalue weighted by Crippen LogP contribution is -2.22. The highest BCUT2D eigenvalue weighted by Gasteiger charge is 2.06. The minimum absolute atomic E-state index is 0.0953. The normalized spacial score (nSPS) is 10.3. The van der Waals surface area contributed by atoms with E-state index in [0.29, 0.717) is 24.6 Å². The van der Waals surface area contributed by atoms with Gasteiger partial charge >= 0.3 is 0 Å². The number of hydrogen-bond acceptors (Lipinski definition) is 3. The summed E-state index contributed by atoms with van der Waals surface area (Å²) in [6.45, 7) is 0.890. The lowest BCUT2D eigenvalue weighted by Gasteiger charge is -2.08. The zero-order chi connectivity index (χ0) is 17.5. The first kappa shape index (κ1) is 17.4. The zero-order valence-electron chi connectivity index (χ0n) is 13.5. The van der Waals surface area contributed by atoms with Crippen LogP contribution < -0.4 is 10.1 Å². The van der Waals surface area contributed by atoms with Gasteiger partial charge in [-0.25, -0.2) is 4.98 Å². The summed E-state index contributed by atoms with van der Waals surface area (Å²) in [5.41, 5.74) is 2.68. The van der Waals surface area contributed by atoms with E-state index in [1.54, 1.807) is 12.3 Å². The van der Waals surface area contributed by atoms with Crippen molar-refractivity contribution in [3.63, 3.8) is 0 Å². The molecule has 0 bridgehead atoms. The molecule has 1 N–H and O–H groups in total. The van der Waals surface area contributed by atoms with Gasteiger partial charge in [-0.3, -0.25) is 4.79 Å². The number of halogens is 1. The van der Waals surface area contributed by atoms with Crippen molar-refractivity contribution in [3.8, 4) is 5.88 Å². The van der Waals surface area contributed by atoms with Crippen molar-refractivity contribution in [1.29, 1.82) is 0 Å². The number of nitrogens with one attached hydrogen (secondary N) is 1. The summed E-state index contributed by atoms with van der Waals surface area (Å²) in [6.07, 6.45) is 1.69. The third-order valence-electron chi connectivity index (χ3n) is 3.57. The van der Waals surface area contributed by atoms with Gasteiger partial charge in [-0.15, -0.1) is 0 Å². The van der Waals surface area contributed by atoms with E-state index in [9.17, 15) is 4.79 Å². The minimum atomic E-state index is -0.0953. The van der Waals surface area contributed by atoms with Crippen LogP contribution in [0.4, 0.5) is 0 Å². The standard InChI is InChI=1S/C20H17IN2O2/c21-18-8-4-7-17(12-18)20(24)23-13-16-9-10-22-19(11-16)25-14-15-5-2-1-3-6-15/h1-12H,13-14H2,(H,23,24). The number of amides is 1. The van der Waals surface area contributed by atoms with Crippen LogP contribution in [0.5, 0.6) is 5.88 Å². The first-order chi connectivity index (χ1) is 12.2. The zero-order valence-corrected chi connectivity index (χ0v) is 15.6. The highest BCUT2D eigenvalue weighted by atomic mass is 127. The topological polar surface area (TPSA) is 51.2 Å². The van der Waals surface area contributed by atoms with E-state index in [4.69, 9.17) is 4.74 Å². The molecule has 1 heterocycles. The van der Waals surface area contributed by atoms with Crippen molar-refractivity contribution in [2.75, 3.05) is 0 Å².